The molecule has 1 aliphatic rings. The molecule has 130 valence electrons. The number of carbonyl (C=O) groups is 1. The van der Waals surface area contributed by atoms with Crippen LogP contribution in [0.25, 0.3) is 10.2 Å². The largest absolute Gasteiger partial charge is 0.379 e. The van der Waals surface area contributed by atoms with Crippen LogP contribution in [0.3, 0.4) is 0 Å². The van der Waals surface area contributed by atoms with Crippen molar-refractivity contribution in [3.8, 4) is 0 Å². The lowest BCUT2D eigenvalue weighted by atomic mass is 10.0. The summed E-state index contributed by atoms with van der Waals surface area (Å²) in [6.45, 7) is 5.35. The van der Waals surface area contributed by atoms with Crippen molar-refractivity contribution in [2.45, 2.75) is 18.9 Å². The van der Waals surface area contributed by atoms with Crippen LogP contribution in [0.5, 0.6) is 0 Å². The molecule has 1 atom stereocenters. The van der Waals surface area contributed by atoms with Crippen LogP contribution in [0, 0.1) is 0 Å². The molecule has 1 aromatic carbocycles. The van der Waals surface area contributed by atoms with E-state index in [0.717, 1.165) is 28.2 Å². The zero-order valence-electron chi connectivity index (χ0n) is 13.9. The van der Waals surface area contributed by atoms with Crippen molar-refractivity contribution in [3.63, 3.8) is 0 Å². The molecule has 7 heteroatoms. The molecule has 1 unspecified atom stereocenters. The Balaban J connectivity index is 1.83. The molecular weight excluding hydrogens is 326 g/mol. The van der Waals surface area contributed by atoms with Crippen LogP contribution in [-0.2, 0) is 19.9 Å². The number of nitrogens with zero attached hydrogens (tertiary/aromatic N) is 2. The van der Waals surface area contributed by atoms with Crippen molar-refractivity contribution >= 4 is 27.5 Å². The fraction of sp³-hybridized carbons (Fsp3) is 0.529. The molecule has 0 bridgehead atoms. The number of thiazole rings is 1. The number of fused-ring (bicyclic) bond motifs is 1. The predicted octanol–water partition coefficient (Wildman–Crippen LogP) is 1.74. The van der Waals surface area contributed by atoms with Gasteiger partial charge in [-0.15, -0.1) is 11.3 Å². The first-order valence-corrected chi connectivity index (χ1v) is 9.03. The van der Waals surface area contributed by atoms with Gasteiger partial charge in [0.25, 0.3) is 0 Å². The van der Waals surface area contributed by atoms with Crippen LogP contribution < -0.4 is 5.73 Å². The first-order chi connectivity index (χ1) is 11.6. The molecule has 3 rings (SSSR count). The molecule has 2 heterocycles. The van der Waals surface area contributed by atoms with E-state index in [0.29, 0.717) is 26.4 Å². The monoisotopic (exact) mass is 349 g/mol. The minimum Gasteiger partial charge on any atom is -0.379 e. The van der Waals surface area contributed by atoms with Crippen LogP contribution in [0.2, 0.25) is 0 Å². The molecule has 0 saturated carbocycles. The molecule has 24 heavy (non-hydrogen) atoms. The molecule has 1 amide bonds. The number of para-hydroxylation sites is 1. The summed E-state index contributed by atoms with van der Waals surface area (Å²) in [5.41, 5.74) is 5.84. The summed E-state index contributed by atoms with van der Waals surface area (Å²) in [7, 11) is 0. The SMILES string of the molecule is CCOCCOC1(c2nc3ccccc3s2)CCN(CC(N)=O)C1. The van der Waals surface area contributed by atoms with Gasteiger partial charge in [0.1, 0.15) is 10.6 Å². The first kappa shape index (κ1) is 17.3. The summed E-state index contributed by atoms with van der Waals surface area (Å²) in [6.07, 6.45) is 0.798. The van der Waals surface area contributed by atoms with Crippen molar-refractivity contribution in [2.24, 2.45) is 5.73 Å². The van der Waals surface area contributed by atoms with Crippen LogP contribution >= 0.6 is 11.3 Å². The summed E-state index contributed by atoms with van der Waals surface area (Å²) in [5, 5.41) is 0.965. The number of rotatable bonds is 8. The number of hydrogen-bond donors (Lipinski definition) is 1. The Morgan fingerprint density at radius 3 is 3.00 bits per heavy atom. The second-order valence-corrected chi connectivity index (χ2v) is 6.98. The maximum Gasteiger partial charge on any atom is 0.231 e. The summed E-state index contributed by atoms with van der Waals surface area (Å²) < 4.78 is 12.8. The number of ether oxygens (including phenoxy) is 2. The molecule has 1 aliphatic heterocycles. The van der Waals surface area contributed by atoms with Gasteiger partial charge in [0, 0.05) is 19.7 Å². The molecule has 6 nitrogen and oxygen atoms in total. The lowest BCUT2D eigenvalue weighted by Gasteiger charge is -2.27. The van der Waals surface area contributed by atoms with Crippen molar-refractivity contribution in [1.82, 2.24) is 9.88 Å². The standard InChI is InChI=1S/C17H23N3O3S/c1-2-22-9-10-23-17(7-8-20(12-17)11-15(18)21)16-19-13-5-3-4-6-14(13)24-16/h3-6H,2,7-12H2,1H3,(H2,18,21). The normalized spacial score (nSPS) is 21.5. The summed E-state index contributed by atoms with van der Waals surface area (Å²) in [4.78, 5) is 18.1. The Kier molecular flexibility index (Phi) is 5.45. The Bertz CT molecular complexity index is 672. The van der Waals surface area contributed by atoms with Gasteiger partial charge >= 0.3 is 0 Å². The van der Waals surface area contributed by atoms with Gasteiger partial charge in [-0.3, -0.25) is 9.69 Å². The van der Waals surface area contributed by atoms with E-state index in [2.05, 4.69) is 6.07 Å². The fourth-order valence-electron chi connectivity index (χ4n) is 3.07. The predicted molar refractivity (Wildman–Crippen MR) is 94.0 cm³/mol. The van der Waals surface area contributed by atoms with E-state index in [4.69, 9.17) is 20.2 Å². The topological polar surface area (TPSA) is 77.7 Å². The van der Waals surface area contributed by atoms with Crippen molar-refractivity contribution in [1.29, 1.82) is 0 Å². The summed E-state index contributed by atoms with van der Waals surface area (Å²) >= 11 is 1.66. The molecule has 0 aliphatic carbocycles. The van der Waals surface area contributed by atoms with Crippen LogP contribution in [0.4, 0.5) is 0 Å². The minimum absolute atomic E-state index is 0.251. The molecule has 2 N–H and O–H groups in total. The first-order valence-electron chi connectivity index (χ1n) is 8.21. The number of nitrogens with two attached hydrogens (primary N) is 1. The van der Waals surface area contributed by atoms with Crippen molar-refractivity contribution in [2.75, 3.05) is 39.5 Å². The average molecular weight is 349 g/mol. The molecule has 0 spiro atoms. The average Bonchev–Trinajstić information content (AvgIpc) is 3.16. The molecule has 1 saturated heterocycles. The molecule has 0 radical (unpaired) electrons. The van der Waals surface area contributed by atoms with Crippen molar-refractivity contribution in [3.05, 3.63) is 29.3 Å². The van der Waals surface area contributed by atoms with E-state index >= 15 is 0 Å². The van der Waals surface area contributed by atoms with Crippen LogP contribution in [0.1, 0.15) is 18.4 Å². The van der Waals surface area contributed by atoms with Gasteiger partial charge in [-0.1, -0.05) is 12.1 Å². The van der Waals surface area contributed by atoms with Crippen LogP contribution in [-0.4, -0.2) is 55.2 Å². The number of carbonyl (C=O) groups excluding carboxylic acids is 1. The second kappa shape index (κ2) is 7.57. The van der Waals surface area contributed by atoms with E-state index in [1.807, 2.05) is 30.0 Å². The lowest BCUT2D eigenvalue weighted by molar-refractivity contribution is -0.119. The number of hydrogen-bond acceptors (Lipinski definition) is 6. The molecular formula is C17H23N3O3S. The molecule has 1 fully saturated rings. The zero-order chi connectivity index (χ0) is 17.0. The Morgan fingerprint density at radius 1 is 1.42 bits per heavy atom. The van der Waals surface area contributed by atoms with Gasteiger partial charge in [-0.05, 0) is 25.5 Å². The van der Waals surface area contributed by atoms with E-state index in [-0.39, 0.29) is 12.5 Å². The fourth-order valence-corrected chi connectivity index (χ4v) is 4.20. The highest BCUT2D eigenvalue weighted by atomic mass is 32.1. The molecule has 2 aromatic rings. The van der Waals surface area contributed by atoms with Gasteiger partial charge in [-0.25, -0.2) is 4.98 Å². The number of amides is 1. The number of likely N-dealkylation sites (tertiary alicyclic amines) is 1. The third-order valence-corrected chi connectivity index (χ3v) is 5.41. The quantitative estimate of drug-likeness (QED) is 0.735. The smallest absolute Gasteiger partial charge is 0.231 e. The van der Waals surface area contributed by atoms with Gasteiger partial charge < -0.3 is 15.2 Å². The number of primary amides is 1. The third kappa shape index (κ3) is 3.75. The van der Waals surface area contributed by atoms with Gasteiger partial charge in [0.05, 0.1) is 30.0 Å². The second-order valence-electron chi connectivity index (χ2n) is 5.95. The third-order valence-electron chi connectivity index (χ3n) is 4.18. The maximum atomic E-state index is 11.2. The van der Waals surface area contributed by atoms with E-state index in [1.54, 1.807) is 11.3 Å². The Labute approximate surface area is 145 Å². The number of benzene rings is 1. The minimum atomic E-state index is -0.490. The summed E-state index contributed by atoms with van der Waals surface area (Å²) in [5.74, 6) is -0.315. The van der Waals surface area contributed by atoms with Crippen molar-refractivity contribution < 1.29 is 14.3 Å². The van der Waals surface area contributed by atoms with E-state index in [1.165, 1.54) is 0 Å². The van der Waals surface area contributed by atoms with E-state index < -0.39 is 5.60 Å². The zero-order valence-corrected chi connectivity index (χ0v) is 14.7. The number of aromatic nitrogens is 1. The Morgan fingerprint density at radius 2 is 2.25 bits per heavy atom. The van der Waals surface area contributed by atoms with Gasteiger partial charge in [0.15, 0.2) is 0 Å². The summed E-state index contributed by atoms with van der Waals surface area (Å²) in [6, 6.07) is 8.09. The van der Waals surface area contributed by atoms with Crippen LogP contribution in [0.15, 0.2) is 24.3 Å². The lowest BCUT2D eigenvalue weighted by Crippen LogP contribution is -2.38. The highest BCUT2D eigenvalue weighted by molar-refractivity contribution is 7.18. The maximum absolute atomic E-state index is 11.2. The Hall–Kier alpha value is -1.54. The van der Waals surface area contributed by atoms with Gasteiger partial charge in [-0.2, -0.15) is 0 Å². The molecule has 1 aromatic heterocycles. The highest BCUT2D eigenvalue weighted by Crippen LogP contribution is 2.39. The highest BCUT2D eigenvalue weighted by Gasteiger charge is 2.43. The van der Waals surface area contributed by atoms with E-state index in [9.17, 15) is 4.79 Å². The van der Waals surface area contributed by atoms with Gasteiger partial charge in [0.2, 0.25) is 5.91 Å².